The van der Waals surface area contributed by atoms with E-state index in [2.05, 4.69) is 4.99 Å². The molecule has 2 aromatic carbocycles. The number of hydrogen-bond donors (Lipinski definition) is 1. The Hall–Kier alpha value is -4.50. The number of ether oxygens (including phenoxy) is 1. The highest BCUT2D eigenvalue weighted by Gasteiger charge is 2.33. The first-order valence-corrected chi connectivity index (χ1v) is 12.4. The number of benzene rings is 2. The van der Waals surface area contributed by atoms with Crippen LogP contribution >= 0.6 is 11.3 Å². The Balaban J connectivity index is 1.59. The van der Waals surface area contributed by atoms with E-state index >= 15 is 0 Å². The summed E-state index contributed by atoms with van der Waals surface area (Å²) >= 11 is 1.21. The first-order chi connectivity index (χ1) is 17.9. The predicted molar refractivity (Wildman–Crippen MR) is 138 cm³/mol. The zero-order valence-corrected chi connectivity index (χ0v) is 20.8. The Morgan fingerprint density at radius 3 is 2.51 bits per heavy atom. The standard InChI is InChI=1S/C28H22N2O6S/c1-3-35-27(34)23-16(2)29-28-30(24(23)18-7-5-4-6-8-18)25(31)22(37-28)15-20-13-14-21(36-20)17-9-11-19(12-10-17)26(32)33/h4-15,24H,3H2,1-2H3,(H,32,33)/b22-15+/t24-/m1/s1. The van der Waals surface area contributed by atoms with E-state index in [1.54, 1.807) is 44.2 Å². The molecule has 1 aliphatic heterocycles. The van der Waals surface area contributed by atoms with Crippen molar-refractivity contribution in [3.8, 4) is 11.3 Å². The van der Waals surface area contributed by atoms with Gasteiger partial charge in [-0.15, -0.1) is 0 Å². The Morgan fingerprint density at radius 2 is 1.84 bits per heavy atom. The minimum atomic E-state index is -1.00. The molecule has 1 aliphatic rings. The molecule has 2 aromatic heterocycles. The van der Waals surface area contributed by atoms with Gasteiger partial charge >= 0.3 is 11.9 Å². The summed E-state index contributed by atoms with van der Waals surface area (Å²) in [5, 5.41) is 9.10. The molecule has 8 nitrogen and oxygen atoms in total. The van der Waals surface area contributed by atoms with Crippen molar-refractivity contribution in [2.24, 2.45) is 4.99 Å². The van der Waals surface area contributed by atoms with Crippen LogP contribution in [0.25, 0.3) is 17.4 Å². The second-order valence-corrected chi connectivity index (χ2v) is 9.31. The van der Waals surface area contributed by atoms with Crippen molar-refractivity contribution in [2.75, 3.05) is 6.61 Å². The maximum atomic E-state index is 13.6. The number of rotatable bonds is 6. The largest absolute Gasteiger partial charge is 0.478 e. The van der Waals surface area contributed by atoms with Crippen LogP contribution in [0.2, 0.25) is 0 Å². The fourth-order valence-electron chi connectivity index (χ4n) is 4.23. The van der Waals surface area contributed by atoms with Gasteiger partial charge in [0.2, 0.25) is 0 Å². The van der Waals surface area contributed by atoms with E-state index in [1.807, 2.05) is 30.3 Å². The zero-order valence-electron chi connectivity index (χ0n) is 20.0. The molecule has 3 heterocycles. The lowest BCUT2D eigenvalue weighted by Crippen LogP contribution is -2.39. The molecular weight excluding hydrogens is 492 g/mol. The molecule has 0 saturated carbocycles. The summed E-state index contributed by atoms with van der Waals surface area (Å²) < 4.78 is 13.2. The fraction of sp³-hybridized carbons (Fsp3) is 0.143. The minimum absolute atomic E-state index is 0.182. The third-order valence-corrected chi connectivity index (χ3v) is 6.93. The summed E-state index contributed by atoms with van der Waals surface area (Å²) in [4.78, 5) is 42.7. The van der Waals surface area contributed by atoms with E-state index in [4.69, 9.17) is 14.3 Å². The first kappa shape index (κ1) is 24.2. The topological polar surface area (TPSA) is 111 Å². The van der Waals surface area contributed by atoms with Crippen LogP contribution in [0.3, 0.4) is 0 Å². The van der Waals surface area contributed by atoms with Crippen LogP contribution in [-0.4, -0.2) is 28.2 Å². The Morgan fingerprint density at radius 1 is 1.11 bits per heavy atom. The highest BCUT2D eigenvalue weighted by atomic mass is 32.1. The van der Waals surface area contributed by atoms with Crippen LogP contribution in [0.4, 0.5) is 0 Å². The molecule has 1 N–H and O–H groups in total. The molecule has 0 unspecified atom stereocenters. The van der Waals surface area contributed by atoms with Crippen molar-refractivity contribution in [3.63, 3.8) is 0 Å². The Kier molecular flexibility index (Phi) is 6.45. The van der Waals surface area contributed by atoms with Crippen LogP contribution in [0.15, 0.2) is 92.2 Å². The smallest absolute Gasteiger partial charge is 0.338 e. The van der Waals surface area contributed by atoms with E-state index in [-0.39, 0.29) is 17.7 Å². The third-order valence-electron chi connectivity index (χ3n) is 5.95. The van der Waals surface area contributed by atoms with Gasteiger partial charge in [0.25, 0.3) is 5.56 Å². The molecule has 0 saturated heterocycles. The van der Waals surface area contributed by atoms with Crippen molar-refractivity contribution in [2.45, 2.75) is 19.9 Å². The summed E-state index contributed by atoms with van der Waals surface area (Å²) in [7, 11) is 0. The summed E-state index contributed by atoms with van der Waals surface area (Å²) in [6, 6.07) is 18.5. The van der Waals surface area contributed by atoms with E-state index in [0.29, 0.717) is 37.7 Å². The lowest BCUT2D eigenvalue weighted by Gasteiger charge is -2.24. The molecule has 4 aromatic rings. The highest BCUT2D eigenvalue weighted by Crippen LogP contribution is 2.30. The molecule has 1 atom stereocenters. The number of fused-ring (bicyclic) bond motifs is 1. The monoisotopic (exact) mass is 514 g/mol. The number of carboxylic acid groups (broad SMARTS) is 1. The second-order valence-electron chi connectivity index (χ2n) is 8.30. The van der Waals surface area contributed by atoms with Gasteiger partial charge in [-0.25, -0.2) is 14.6 Å². The fourth-order valence-corrected chi connectivity index (χ4v) is 5.26. The zero-order chi connectivity index (χ0) is 26.1. The number of aromatic nitrogens is 1. The van der Waals surface area contributed by atoms with E-state index in [1.165, 1.54) is 28.0 Å². The summed E-state index contributed by atoms with van der Waals surface area (Å²) in [6.45, 7) is 3.69. The van der Waals surface area contributed by atoms with E-state index < -0.39 is 18.0 Å². The van der Waals surface area contributed by atoms with Crippen LogP contribution in [-0.2, 0) is 9.53 Å². The number of thiazole rings is 1. The summed E-state index contributed by atoms with van der Waals surface area (Å²) in [5.41, 5.74) is 2.21. The molecular formula is C28H22N2O6S. The van der Waals surface area contributed by atoms with Gasteiger partial charge in [-0.1, -0.05) is 53.8 Å². The molecule has 0 aliphatic carbocycles. The first-order valence-electron chi connectivity index (χ1n) is 11.6. The van der Waals surface area contributed by atoms with Gasteiger partial charge < -0.3 is 14.3 Å². The average molecular weight is 515 g/mol. The lowest BCUT2D eigenvalue weighted by atomic mass is 9.96. The Bertz CT molecular complexity index is 1710. The number of furan rings is 1. The minimum Gasteiger partial charge on any atom is -0.478 e. The molecule has 0 amide bonds. The molecule has 0 bridgehead atoms. The normalized spacial score (nSPS) is 15.3. The van der Waals surface area contributed by atoms with Gasteiger partial charge in [-0.2, -0.15) is 0 Å². The van der Waals surface area contributed by atoms with Crippen LogP contribution in [0.1, 0.15) is 41.6 Å². The van der Waals surface area contributed by atoms with Crippen molar-refractivity contribution in [1.29, 1.82) is 0 Å². The van der Waals surface area contributed by atoms with Crippen LogP contribution < -0.4 is 14.9 Å². The number of nitrogens with zero attached hydrogens (tertiary/aromatic N) is 2. The van der Waals surface area contributed by atoms with Gasteiger partial charge in [0.15, 0.2) is 4.80 Å². The van der Waals surface area contributed by atoms with Gasteiger partial charge in [-0.3, -0.25) is 9.36 Å². The second kappa shape index (κ2) is 9.87. The van der Waals surface area contributed by atoms with Crippen molar-refractivity contribution in [3.05, 3.63) is 115 Å². The quantitative estimate of drug-likeness (QED) is 0.392. The van der Waals surface area contributed by atoms with Gasteiger partial charge in [-0.05, 0) is 43.7 Å². The number of hydrogen-bond acceptors (Lipinski definition) is 7. The van der Waals surface area contributed by atoms with Gasteiger partial charge in [0, 0.05) is 11.6 Å². The third kappa shape index (κ3) is 4.56. The lowest BCUT2D eigenvalue weighted by molar-refractivity contribution is -0.139. The Labute approximate surface area is 215 Å². The average Bonchev–Trinajstić information content (AvgIpc) is 3.48. The maximum absolute atomic E-state index is 13.6. The van der Waals surface area contributed by atoms with Crippen LogP contribution in [0.5, 0.6) is 0 Å². The molecule has 0 spiro atoms. The maximum Gasteiger partial charge on any atom is 0.338 e. The molecule has 9 heteroatoms. The molecule has 0 radical (unpaired) electrons. The summed E-state index contributed by atoms with van der Waals surface area (Å²) in [5.74, 6) is -0.507. The van der Waals surface area contributed by atoms with Crippen molar-refractivity contribution in [1.82, 2.24) is 4.57 Å². The predicted octanol–water partition coefficient (Wildman–Crippen LogP) is 3.76. The number of allylic oxidation sites excluding steroid dienone is 1. The number of carbonyl (C=O) groups excluding carboxylic acids is 1. The number of esters is 1. The summed E-state index contributed by atoms with van der Waals surface area (Å²) in [6.07, 6.45) is 1.64. The number of carbonyl (C=O) groups is 2. The molecule has 0 fully saturated rings. The van der Waals surface area contributed by atoms with Gasteiger partial charge in [0.05, 0.1) is 34.0 Å². The molecule has 5 rings (SSSR count). The van der Waals surface area contributed by atoms with E-state index in [9.17, 15) is 14.4 Å². The van der Waals surface area contributed by atoms with Crippen molar-refractivity contribution >= 4 is 29.4 Å². The van der Waals surface area contributed by atoms with Crippen LogP contribution in [0, 0.1) is 0 Å². The van der Waals surface area contributed by atoms with Crippen molar-refractivity contribution < 1.29 is 23.8 Å². The van der Waals surface area contributed by atoms with Gasteiger partial charge in [0.1, 0.15) is 11.5 Å². The van der Waals surface area contributed by atoms with E-state index in [0.717, 1.165) is 5.56 Å². The SMILES string of the molecule is CCOC(=O)C1=C(C)N=c2s/c(=C/c3ccc(-c4ccc(C(=O)O)cc4)o3)c(=O)n2[C@@H]1c1ccccc1. The molecule has 186 valence electrons. The molecule has 37 heavy (non-hydrogen) atoms. The highest BCUT2D eigenvalue weighted by molar-refractivity contribution is 7.07. The number of carboxylic acids is 1. The number of aromatic carboxylic acids is 1.